The van der Waals surface area contributed by atoms with Crippen LogP contribution in [0.2, 0.25) is 0 Å². The number of ether oxygens (including phenoxy) is 2. The highest BCUT2D eigenvalue weighted by Crippen LogP contribution is 2.21. The minimum Gasteiger partial charge on any atom is -0.472 e. The number of methoxy groups -OCH3 is 1. The fourth-order valence-electron chi connectivity index (χ4n) is 2.69. The molecule has 10 heteroatoms. The number of hydrogen-bond donors (Lipinski definition) is 0. The van der Waals surface area contributed by atoms with E-state index in [1.165, 1.54) is 23.8 Å². The molecule has 0 spiro atoms. The molecule has 0 aliphatic carbocycles. The maximum absolute atomic E-state index is 12.5. The van der Waals surface area contributed by atoms with Crippen molar-refractivity contribution in [3.8, 4) is 11.9 Å². The molecular weight excluding hydrogens is 364 g/mol. The van der Waals surface area contributed by atoms with Gasteiger partial charge in [-0.1, -0.05) is 24.0 Å². The molecule has 0 aromatic carbocycles. The Morgan fingerprint density at radius 1 is 1.52 bits per heavy atom. The van der Waals surface area contributed by atoms with Crippen LogP contribution in [0.4, 0.5) is 0 Å². The summed E-state index contributed by atoms with van der Waals surface area (Å²) in [5.74, 6) is 0.499. The van der Waals surface area contributed by atoms with Gasteiger partial charge in [-0.2, -0.15) is 4.98 Å². The molecule has 2 aliphatic rings. The van der Waals surface area contributed by atoms with Gasteiger partial charge < -0.3 is 14.4 Å². The molecule has 2 saturated heterocycles. The Balaban J connectivity index is 1.57. The van der Waals surface area contributed by atoms with Crippen LogP contribution in [0.5, 0.6) is 11.9 Å². The van der Waals surface area contributed by atoms with Crippen molar-refractivity contribution in [3.63, 3.8) is 0 Å². The molecule has 25 heavy (non-hydrogen) atoms. The molecular formula is C15H18N4O4S2. The van der Waals surface area contributed by atoms with E-state index in [1.807, 2.05) is 0 Å². The molecule has 0 N–H and O–H groups in total. The predicted octanol–water partition coefficient (Wildman–Crippen LogP) is 0.715. The van der Waals surface area contributed by atoms with E-state index < -0.39 is 0 Å². The van der Waals surface area contributed by atoms with Crippen LogP contribution >= 0.6 is 24.0 Å². The van der Waals surface area contributed by atoms with Crippen LogP contribution in [-0.2, 0) is 9.59 Å². The molecule has 8 nitrogen and oxygen atoms in total. The van der Waals surface area contributed by atoms with Gasteiger partial charge in [0.1, 0.15) is 17.0 Å². The Morgan fingerprint density at radius 3 is 3.08 bits per heavy atom. The number of piperidine rings is 1. The molecule has 2 aliphatic heterocycles. The van der Waals surface area contributed by atoms with Crippen molar-refractivity contribution >= 4 is 40.1 Å². The van der Waals surface area contributed by atoms with Gasteiger partial charge >= 0.3 is 6.01 Å². The van der Waals surface area contributed by atoms with Crippen molar-refractivity contribution in [1.82, 2.24) is 19.8 Å². The maximum atomic E-state index is 12.5. The van der Waals surface area contributed by atoms with E-state index in [0.717, 1.165) is 12.8 Å². The third-order valence-electron chi connectivity index (χ3n) is 3.94. The standard InChI is InChI=1S/C15H18N4O4S2/c1-22-14-16-5-4-11(17-14)23-10-3-2-6-18(7-10)12(20)8-19-13(21)9-25-15(19)24/h4-5,10H,2-3,6-9H2,1H3. The second-order valence-electron chi connectivity index (χ2n) is 5.64. The minimum atomic E-state index is -0.159. The molecule has 1 aromatic rings. The SMILES string of the molecule is COc1nccc(OC2CCCN(C(=O)CN3C(=O)CSC3=S)C2)n1. The van der Waals surface area contributed by atoms with E-state index in [0.29, 0.717) is 29.0 Å². The van der Waals surface area contributed by atoms with Gasteiger partial charge in [0, 0.05) is 18.8 Å². The highest BCUT2D eigenvalue weighted by atomic mass is 32.2. The average molecular weight is 382 g/mol. The number of aromatic nitrogens is 2. The number of carbonyl (C=O) groups is 2. The molecule has 0 saturated carbocycles. The van der Waals surface area contributed by atoms with Gasteiger partial charge in [0.15, 0.2) is 0 Å². The third-order valence-corrected chi connectivity index (χ3v) is 5.38. The average Bonchev–Trinajstić information content (AvgIpc) is 2.94. The van der Waals surface area contributed by atoms with Crippen molar-refractivity contribution in [2.24, 2.45) is 0 Å². The summed E-state index contributed by atoms with van der Waals surface area (Å²) < 4.78 is 11.3. The number of thioether (sulfide) groups is 1. The number of rotatable bonds is 5. The number of thiocarbonyl (C=S) groups is 1. The Labute approximate surface area is 154 Å². The first-order valence-corrected chi connectivity index (χ1v) is 9.25. The van der Waals surface area contributed by atoms with E-state index in [-0.39, 0.29) is 30.5 Å². The lowest BCUT2D eigenvalue weighted by molar-refractivity contribution is -0.137. The number of nitrogens with zero attached hydrogens (tertiary/aromatic N) is 4. The van der Waals surface area contributed by atoms with E-state index in [2.05, 4.69) is 9.97 Å². The maximum Gasteiger partial charge on any atom is 0.319 e. The molecule has 0 radical (unpaired) electrons. The number of likely N-dealkylation sites (tertiary alicyclic amines) is 1. The van der Waals surface area contributed by atoms with Crippen LogP contribution < -0.4 is 9.47 Å². The van der Waals surface area contributed by atoms with Crippen molar-refractivity contribution in [2.75, 3.05) is 32.5 Å². The summed E-state index contributed by atoms with van der Waals surface area (Å²) in [5.41, 5.74) is 0. The van der Waals surface area contributed by atoms with Crippen molar-refractivity contribution in [1.29, 1.82) is 0 Å². The van der Waals surface area contributed by atoms with Crippen molar-refractivity contribution in [2.45, 2.75) is 18.9 Å². The lowest BCUT2D eigenvalue weighted by Crippen LogP contribution is -2.48. The highest BCUT2D eigenvalue weighted by Gasteiger charge is 2.32. The fourth-order valence-corrected chi connectivity index (χ4v) is 3.76. The second-order valence-corrected chi connectivity index (χ2v) is 7.25. The fraction of sp³-hybridized carbons (Fsp3) is 0.533. The van der Waals surface area contributed by atoms with Crippen LogP contribution in [0.3, 0.4) is 0 Å². The van der Waals surface area contributed by atoms with Crippen molar-refractivity contribution in [3.05, 3.63) is 12.3 Å². The zero-order valence-electron chi connectivity index (χ0n) is 13.7. The molecule has 2 fully saturated rings. The highest BCUT2D eigenvalue weighted by molar-refractivity contribution is 8.23. The Bertz CT molecular complexity index is 671. The smallest absolute Gasteiger partial charge is 0.319 e. The van der Waals surface area contributed by atoms with Crippen molar-refractivity contribution < 1.29 is 19.1 Å². The van der Waals surface area contributed by atoms with Gasteiger partial charge in [0.2, 0.25) is 17.7 Å². The quantitative estimate of drug-likeness (QED) is 0.689. The third kappa shape index (κ3) is 4.37. The summed E-state index contributed by atoms with van der Waals surface area (Å²) in [7, 11) is 1.49. The lowest BCUT2D eigenvalue weighted by atomic mass is 10.1. The zero-order valence-corrected chi connectivity index (χ0v) is 15.3. The Morgan fingerprint density at radius 2 is 2.36 bits per heavy atom. The first-order valence-electron chi connectivity index (χ1n) is 7.85. The molecule has 3 heterocycles. The molecule has 1 atom stereocenters. The summed E-state index contributed by atoms with van der Waals surface area (Å²) in [4.78, 5) is 35.4. The van der Waals surface area contributed by atoms with E-state index in [4.69, 9.17) is 21.7 Å². The Hall–Kier alpha value is -1.94. The first-order chi connectivity index (χ1) is 12.1. The topological polar surface area (TPSA) is 84.9 Å². The zero-order chi connectivity index (χ0) is 17.8. The van der Waals surface area contributed by atoms with Gasteiger partial charge in [-0.3, -0.25) is 14.5 Å². The van der Waals surface area contributed by atoms with Crippen LogP contribution in [0.25, 0.3) is 0 Å². The molecule has 3 rings (SSSR count). The van der Waals surface area contributed by atoms with Crippen LogP contribution in [0, 0.1) is 0 Å². The van der Waals surface area contributed by atoms with E-state index >= 15 is 0 Å². The van der Waals surface area contributed by atoms with Crippen LogP contribution in [0.15, 0.2) is 12.3 Å². The second kappa shape index (κ2) is 7.96. The summed E-state index contributed by atoms with van der Waals surface area (Å²) in [6, 6.07) is 1.89. The number of hydrogen-bond acceptors (Lipinski definition) is 8. The van der Waals surface area contributed by atoms with Gasteiger partial charge in [-0.15, -0.1) is 0 Å². The normalized spacial score (nSPS) is 20.8. The lowest BCUT2D eigenvalue weighted by Gasteiger charge is -2.33. The minimum absolute atomic E-state index is 0.00127. The predicted molar refractivity (Wildman–Crippen MR) is 95.6 cm³/mol. The number of carbonyl (C=O) groups excluding carboxylic acids is 2. The number of amides is 2. The van der Waals surface area contributed by atoms with Crippen LogP contribution in [-0.4, -0.2) is 74.5 Å². The summed E-state index contributed by atoms with van der Waals surface area (Å²) in [6.07, 6.45) is 3.05. The molecule has 134 valence electrons. The van der Waals surface area contributed by atoms with Gasteiger partial charge in [0.25, 0.3) is 0 Å². The molecule has 1 unspecified atom stereocenters. The van der Waals surface area contributed by atoms with Gasteiger partial charge in [-0.05, 0) is 12.8 Å². The molecule has 2 amide bonds. The first kappa shape index (κ1) is 17.9. The van der Waals surface area contributed by atoms with E-state index in [1.54, 1.807) is 17.2 Å². The Kier molecular flexibility index (Phi) is 5.69. The largest absolute Gasteiger partial charge is 0.472 e. The molecule has 0 bridgehead atoms. The summed E-state index contributed by atoms with van der Waals surface area (Å²) in [5, 5.41) is 0. The van der Waals surface area contributed by atoms with Crippen LogP contribution in [0.1, 0.15) is 12.8 Å². The van der Waals surface area contributed by atoms with Gasteiger partial charge in [-0.25, -0.2) is 4.98 Å². The van der Waals surface area contributed by atoms with E-state index in [9.17, 15) is 9.59 Å². The summed E-state index contributed by atoms with van der Waals surface area (Å²) >= 11 is 6.41. The summed E-state index contributed by atoms with van der Waals surface area (Å²) in [6.45, 7) is 1.10. The van der Waals surface area contributed by atoms with Gasteiger partial charge in [0.05, 0.1) is 19.4 Å². The monoisotopic (exact) mass is 382 g/mol. The molecule has 1 aromatic heterocycles.